The smallest absolute Gasteiger partial charge is 0.736 e. The Morgan fingerprint density at radius 1 is 0.900 bits per heavy atom. The van der Waals surface area contributed by atoms with Crippen LogP contribution in [0.1, 0.15) is 34.8 Å². The van der Waals surface area contributed by atoms with Crippen LogP contribution >= 0.6 is 7.82 Å². The molecule has 0 saturated carbocycles. The van der Waals surface area contributed by atoms with Gasteiger partial charge in [0.2, 0.25) is 0 Å². The van der Waals surface area contributed by atoms with E-state index >= 15 is 0 Å². The van der Waals surface area contributed by atoms with Gasteiger partial charge < -0.3 is 19.0 Å². The Balaban J connectivity index is 0.00000320. The number of rotatable bonds is 8. The van der Waals surface area contributed by atoms with E-state index in [1.807, 2.05) is 50.2 Å². The normalized spacial score (nSPS) is 13.6. The summed E-state index contributed by atoms with van der Waals surface area (Å²) in [5.74, 6) is 0.410. The Hall–Kier alpha value is -1.59. The van der Waals surface area contributed by atoms with Crippen molar-refractivity contribution >= 4 is 7.82 Å². The second-order valence-electron chi connectivity index (χ2n) is 7.06. The van der Waals surface area contributed by atoms with Crippen LogP contribution in [-0.2, 0) is 11.0 Å². The minimum absolute atomic E-state index is 0. The van der Waals surface area contributed by atoms with E-state index in [1.165, 1.54) is 0 Å². The average Bonchev–Trinajstić information content (AvgIpc) is 2.66. The Kier molecular flexibility index (Phi) is 9.17. The van der Waals surface area contributed by atoms with Crippen LogP contribution < -0.4 is 43.5 Å². The van der Waals surface area contributed by atoms with Gasteiger partial charge >= 0.3 is 37.4 Å². The van der Waals surface area contributed by atoms with E-state index in [0.717, 1.165) is 22.3 Å². The largest absolute Gasteiger partial charge is 1.00 e. The third-order valence-corrected chi connectivity index (χ3v) is 5.31. The van der Waals surface area contributed by atoms with Gasteiger partial charge in [0.25, 0.3) is 0 Å². The van der Waals surface area contributed by atoms with Crippen LogP contribution in [0.25, 0.3) is 0 Å². The zero-order chi connectivity index (χ0) is 20.9. The molecule has 0 aromatic heterocycles. The van der Waals surface area contributed by atoms with Gasteiger partial charge in [-0.05, 0) is 73.2 Å². The molecule has 0 bridgehead atoms. The third-order valence-electron chi connectivity index (χ3n) is 4.44. The maximum absolute atomic E-state index is 12.2. The zero-order valence-corrected chi connectivity index (χ0v) is 20.3. The third kappa shape index (κ3) is 7.59. The molecule has 2 atom stereocenters. The molecule has 5 nitrogen and oxygen atoms in total. The van der Waals surface area contributed by atoms with Gasteiger partial charge in [-0.15, -0.1) is 0 Å². The van der Waals surface area contributed by atoms with Crippen molar-refractivity contribution < 1.29 is 53.2 Å². The van der Waals surface area contributed by atoms with Crippen molar-refractivity contribution in [3.8, 4) is 11.5 Å². The van der Waals surface area contributed by atoms with Gasteiger partial charge in [-0.25, -0.2) is 4.57 Å². The predicted molar refractivity (Wildman–Crippen MR) is 111 cm³/mol. The molecule has 1 N–H and O–H groups in total. The molecule has 0 aliphatic heterocycles. The molecule has 7 heteroatoms. The van der Waals surface area contributed by atoms with Gasteiger partial charge in [-0.2, -0.15) is 0 Å². The van der Waals surface area contributed by atoms with Crippen LogP contribution in [-0.4, -0.2) is 5.11 Å². The summed E-state index contributed by atoms with van der Waals surface area (Å²) in [7, 11) is -4.55. The van der Waals surface area contributed by atoms with Gasteiger partial charge in [0.05, 0.1) is 6.10 Å². The molecule has 3 aromatic carbocycles. The fourth-order valence-corrected chi connectivity index (χ4v) is 3.91. The van der Waals surface area contributed by atoms with Crippen molar-refractivity contribution in [2.75, 3.05) is 0 Å². The number of hydrogen-bond donors (Lipinski definition) is 1. The first-order valence-corrected chi connectivity index (χ1v) is 10.9. The molecular formula is C23H24NaO5P. The quantitative estimate of drug-likeness (QED) is 0.433. The van der Waals surface area contributed by atoms with Gasteiger partial charge in [0.1, 0.15) is 11.5 Å². The van der Waals surface area contributed by atoms with E-state index in [-0.39, 0.29) is 41.1 Å². The predicted octanol–water partition coefficient (Wildman–Crippen LogP) is 1.90. The summed E-state index contributed by atoms with van der Waals surface area (Å²) in [6, 6.07) is 21.4. The van der Waals surface area contributed by atoms with Gasteiger partial charge in [0.15, 0.2) is 0 Å². The molecule has 0 amide bonds. The number of hydrogen-bond acceptors (Lipinski definition) is 5. The van der Waals surface area contributed by atoms with E-state index < -0.39 is 13.9 Å². The summed E-state index contributed by atoms with van der Waals surface area (Å²) in [6.45, 7) is 3.73. The molecule has 0 aliphatic carbocycles. The average molecular weight is 434 g/mol. The summed E-state index contributed by atoms with van der Waals surface area (Å²) in [6.07, 6.45) is 0.685. The van der Waals surface area contributed by atoms with Crippen LogP contribution in [0.3, 0.4) is 0 Å². The molecule has 0 spiro atoms. The van der Waals surface area contributed by atoms with E-state index in [0.29, 0.717) is 12.8 Å². The summed E-state index contributed by atoms with van der Waals surface area (Å²) in [5, 5.41) is 10.2. The number of aliphatic hydroxyl groups is 1. The summed E-state index contributed by atoms with van der Waals surface area (Å²) >= 11 is 0. The number of aryl methyl sites for hydroxylation is 3. The number of benzene rings is 3. The second-order valence-corrected chi connectivity index (χ2v) is 8.32. The number of phosphoric acid groups is 1. The van der Waals surface area contributed by atoms with E-state index in [4.69, 9.17) is 9.05 Å². The van der Waals surface area contributed by atoms with Crippen LogP contribution in [0.2, 0.25) is 0 Å². The van der Waals surface area contributed by atoms with Crippen molar-refractivity contribution in [1.29, 1.82) is 0 Å². The van der Waals surface area contributed by atoms with Crippen molar-refractivity contribution in [2.24, 2.45) is 0 Å². The van der Waals surface area contributed by atoms with Crippen LogP contribution in [0.15, 0.2) is 72.8 Å². The minimum Gasteiger partial charge on any atom is -0.736 e. The molecular weight excluding hydrogens is 410 g/mol. The Labute approximate surface area is 199 Å². The van der Waals surface area contributed by atoms with E-state index in [1.54, 1.807) is 36.4 Å². The first-order valence-electron chi connectivity index (χ1n) is 9.41. The van der Waals surface area contributed by atoms with Crippen LogP contribution in [0.5, 0.6) is 11.5 Å². The summed E-state index contributed by atoms with van der Waals surface area (Å²) in [4.78, 5) is 12.2. The Morgan fingerprint density at radius 2 is 1.47 bits per heavy atom. The standard InChI is InChI=1S/C23H25O5P.Na/c1-17-14-18(2)16-22(15-17)28-29(25,26)27-21-11-8-19(9-12-21)10-13-23(24)20-6-4-3-5-7-20;/h3-9,11-12,14-16,23-24H,10,13H2,1-2H3,(H,25,26);/q;+1/p-1. The second kappa shape index (κ2) is 11.1. The summed E-state index contributed by atoms with van der Waals surface area (Å²) < 4.78 is 22.3. The van der Waals surface area contributed by atoms with Gasteiger partial charge in [-0.1, -0.05) is 48.5 Å². The Bertz CT molecular complexity index is 972. The van der Waals surface area contributed by atoms with Gasteiger partial charge in [0, 0.05) is 0 Å². The fraction of sp³-hybridized carbons (Fsp3) is 0.217. The van der Waals surface area contributed by atoms with E-state index in [2.05, 4.69) is 0 Å². The van der Waals surface area contributed by atoms with Crippen LogP contribution in [0.4, 0.5) is 0 Å². The van der Waals surface area contributed by atoms with Crippen molar-refractivity contribution in [3.63, 3.8) is 0 Å². The molecule has 152 valence electrons. The first kappa shape index (κ1) is 24.7. The molecule has 0 saturated heterocycles. The molecule has 2 unspecified atom stereocenters. The molecule has 0 radical (unpaired) electrons. The SMILES string of the molecule is Cc1cc(C)cc(OP(=O)([O-])Oc2ccc(CCC(O)c3ccccc3)cc2)c1.[Na+]. The van der Waals surface area contributed by atoms with Crippen molar-refractivity contribution in [3.05, 3.63) is 95.1 Å². The molecule has 3 aromatic rings. The maximum atomic E-state index is 12.2. The molecule has 0 fully saturated rings. The maximum Gasteiger partial charge on any atom is 1.00 e. The Morgan fingerprint density at radius 3 is 2.07 bits per heavy atom. The monoisotopic (exact) mass is 434 g/mol. The van der Waals surface area contributed by atoms with Gasteiger partial charge in [-0.3, -0.25) is 0 Å². The molecule has 0 aliphatic rings. The molecule has 30 heavy (non-hydrogen) atoms. The first-order chi connectivity index (χ1) is 13.8. The van der Waals surface area contributed by atoms with Crippen LogP contribution in [0, 0.1) is 13.8 Å². The molecule has 3 rings (SSSR count). The molecule has 0 heterocycles. The topological polar surface area (TPSA) is 78.8 Å². The minimum atomic E-state index is -4.55. The van der Waals surface area contributed by atoms with Crippen molar-refractivity contribution in [1.82, 2.24) is 0 Å². The van der Waals surface area contributed by atoms with Crippen molar-refractivity contribution in [2.45, 2.75) is 32.8 Å². The van der Waals surface area contributed by atoms with E-state index in [9.17, 15) is 14.6 Å². The number of phosphoric ester groups is 1. The fourth-order valence-electron chi connectivity index (χ4n) is 3.12. The zero-order valence-electron chi connectivity index (χ0n) is 17.4. The number of aliphatic hydroxyl groups excluding tert-OH is 1. The summed E-state index contributed by atoms with van der Waals surface area (Å²) in [5.41, 5.74) is 3.66.